The van der Waals surface area contributed by atoms with E-state index in [2.05, 4.69) is 30.2 Å². The third-order valence-electron chi connectivity index (χ3n) is 4.11. The van der Waals surface area contributed by atoms with Crippen LogP contribution >= 0.6 is 0 Å². The molecule has 1 aliphatic heterocycles. The van der Waals surface area contributed by atoms with Gasteiger partial charge in [0.15, 0.2) is 5.82 Å². The van der Waals surface area contributed by atoms with Crippen molar-refractivity contribution in [3.05, 3.63) is 18.6 Å². The summed E-state index contributed by atoms with van der Waals surface area (Å²) in [7, 11) is 3.06. The molecule has 0 aromatic carbocycles. The van der Waals surface area contributed by atoms with Crippen LogP contribution in [0.2, 0.25) is 0 Å². The number of rotatable bonds is 8. The third kappa shape index (κ3) is 4.55. The van der Waals surface area contributed by atoms with E-state index >= 15 is 0 Å². The summed E-state index contributed by atoms with van der Waals surface area (Å²) in [5, 5.41) is 3.36. The van der Waals surface area contributed by atoms with Gasteiger partial charge >= 0.3 is 6.01 Å². The van der Waals surface area contributed by atoms with Gasteiger partial charge in [0.25, 0.3) is 0 Å². The van der Waals surface area contributed by atoms with Crippen molar-refractivity contribution in [1.82, 2.24) is 24.8 Å². The van der Waals surface area contributed by atoms with Crippen LogP contribution in [-0.2, 0) is 4.74 Å². The van der Waals surface area contributed by atoms with Crippen LogP contribution in [0, 0.1) is 0 Å². The maximum absolute atomic E-state index is 5.37. The summed E-state index contributed by atoms with van der Waals surface area (Å²) in [5.41, 5.74) is 1.32. The molecule has 2 aromatic rings. The normalized spacial score (nSPS) is 14.8. The largest absolute Gasteiger partial charge is 0.480 e. The van der Waals surface area contributed by atoms with Gasteiger partial charge in [0.05, 0.1) is 33.0 Å². The fraction of sp³-hybridized carbons (Fsp3) is 0.529. The Bertz CT molecular complexity index is 709. The first-order valence-corrected chi connectivity index (χ1v) is 8.62. The van der Waals surface area contributed by atoms with Gasteiger partial charge in [-0.05, 0) is 13.0 Å². The molecular formula is C17H24N6O3. The fourth-order valence-electron chi connectivity index (χ4n) is 2.77. The van der Waals surface area contributed by atoms with Crippen molar-refractivity contribution in [3.63, 3.8) is 0 Å². The number of aromatic nitrogens is 4. The summed E-state index contributed by atoms with van der Waals surface area (Å²) >= 11 is 0. The standard InChI is InChI=1S/C17H24N6O3/c1-24-16-13(12-21-17(22-16)25-2)14-15(20-6-5-18-14)19-4-3-7-23-8-10-26-11-9-23/h5-6,12H,3-4,7-11H2,1-2H3,(H,19,20). The number of hydrogen-bond donors (Lipinski definition) is 1. The van der Waals surface area contributed by atoms with Crippen LogP contribution in [0.4, 0.5) is 5.82 Å². The Labute approximate surface area is 152 Å². The Balaban J connectivity index is 1.66. The van der Waals surface area contributed by atoms with Gasteiger partial charge in [0.1, 0.15) is 5.69 Å². The van der Waals surface area contributed by atoms with E-state index in [1.54, 1.807) is 25.7 Å². The van der Waals surface area contributed by atoms with Crippen molar-refractivity contribution < 1.29 is 14.2 Å². The average molecular weight is 360 g/mol. The predicted octanol–water partition coefficient (Wildman–Crippen LogP) is 1.08. The van der Waals surface area contributed by atoms with Gasteiger partial charge in [-0.1, -0.05) is 0 Å². The average Bonchev–Trinajstić information content (AvgIpc) is 2.72. The van der Waals surface area contributed by atoms with Crippen molar-refractivity contribution in [2.75, 3.05) is 58.9 Å². The van der Waals surface area contributed by atoms with Crippen LogP contribution in [0.3, 0.4) is 0 Å². The van der Waals surface area contributed by atoms with Gasteiger partial charge < -0.3 is 19.5 Å². The van der Waals surface area contributed by atoms with Gasteiger partial charge in [0.2, 0.25) is 5.88 Å². The van der Waals surface area contributed by atoms with Crippen molar-refractivity contribution >= 4 is 5.82 Å². The van der Waals surface area contributed by atoms with Gasteiger partial charge in [0, 0.05) is 38.2 Å². The second-order valence-electron chi connectivity index (χ2n) is 5.77. The first-order chi connectivity index (χ1) is 12.8. The summed E-state index contributed by atoms with van der Waals surface area (Å²) in [6, 6.07) is 0.245. The zero-order chi connectivity index (χ0) is 18.2. The van der Waals surface area contributed by atoms with Crippen LogP contribution < -0.4 is 14.8 Å². The molecule has 0 spiro atoms. The van der Waals surface area contributed by atoms with E-state index in [-0.39, 0.29) is 6.01 Å². The lowest BCUT2D eigenvalue weighted by Crippen LogP contribution is -2.37. The summed E-state index contributed by atoms with van der Waals surface area (Å²) in [6.45, 7) is 5.45. The SMILES string of the molecule is COc1ncc(-c2nccnc2NCCCN2CCOCC2)c(OC)n1. The van der Waals surface area contributed by atoms with E-state index in [9.17, 15) is 0 Å². The number of morpholine rings is 1. The molecule has 9 heteroatoms. The number of anilines is 1. The Morgan fingerprint density at radius 1 is 1.12 bits per heavy atom. The zero-order valence-corrected chi connectivity index (χ0v) is 15.1. The monoisotopic (exact) mass is 360 g/mol. The lowest BCUT2D eigenvalue weighted by atomic mass is 10.2. The molecule has 1 N–H and O–H groups in total. The minimum absolute atomic E-state index is 0.245. The third-order valence-corrected chi connectivity index (χ3v) is 4.11. The molecule has 3 rings (SSSR count). The maximum Gasteiger partial charge on any atom is 0.319 e. The topological polar surface area (TPSA) is 94.5 Å². The number of methoxy groups -OCH3 is 2. The first kappa shape index (κ1) is 18.3. The van der Waals surface area contributed by atoms with E-state index in [4.69, 9.17) is 14.2 Å². The van der Waals surface area contributed by atoms with Crippen LogP contribution in [-0.4, -0.2) is 78.4 Å². The van der Waals surface area contributed by atoms with Gasteiger partial charge in [-0.3, -0.25) is 9.88 Å². The quantitative estimate of drug-likeness (QED) is 0.694. The Kier molecular flexibility index (Phi) is 6.50. The molecule has 140 valence electrons. The van der Waals surface area contributed by atoms with E-state index in [0.717, 1.165) is 45.8 Å². The minimum Gasteiger partial charge on any atom is -0.480 e. The molecule has 2 aromatic heterocycles. The lowest BCUT2D eigenvalue weighted by Gasteiger charge is -2.26. The number of hydrogen-bond acceptors (Lipinski definition) is 9. The minimum atomic E-state index is 0.245. The van der Waals surface area contributed by atoms with E-state index in [1.165, 1.54) is 7.11 Å². The number of nitrogens with zero attached hydrogens (tertiary/aromatic N) is 5. The van der Waals surface area contributed by atoms with Crippen molar-refractivity contribution in [3.8, 4) is 23.1 Å². The van der Waals surface area contributed by atoms with E-state index in [0.29, 0.717) is 23.0 Å². The van der Waals surface area contributed by atoms with Gasteiger partial charge in [-0.25, -0.2) is 9.97 Å². The molecule has 0 atom stereocenters. The van der Waals surface area contributed by atoms with Crippen LogP contribution in [0.25, 0.3) is 11.3 Å². The molecule has 0 aliphatic carbocycles. The van der Waals surface area contributed by atoms with Crippen molar-refractivity contribution in [2.45, 2.75) is 6.42 Å². The molecule has 0 amide bonds. The van der Waals surface area contributed by atoms with Crippen molar-refractivity contribution in [2.24, 2.45) is 0 Å². The van der Waals surface area contributed by atoms with Crippen LogP contribution in [0.5, 0.6) is 11.9 Å². The molecule has 1 aliphatic rings. The molecular weight excluding hydrogens is 336 g/mol. The van der Waals surface area contributed by atoms with Gasteiger partial charge in [-0.15, -0.1) is 0 Å². The van der Waals surface area contributed by atoms with E-state index in [1.807, 2.05) is 0 Å². The number of nitrogens with one attached hydrogen (secondary N) is 1. The van der Waals surface area contributed by atoms with Crippen LogP contribution in [0.15, 0.2) is 18.6 Å². The molecule has 0 saturated carbocycles. The van der Waals surface area contributed by atoms with Crippen molar-refractivity contribution in [1.29, 1.82) is 0 Å². The Hall–Kier alpha value is -2.52. The summed E-state index contributed by atoms with van der Waals surface area (Å²) < 4.78 is 15.8. The molecule has 3 heterocycles. The Morgan fingerprint density at radius 2 is 1.92 bits per heavy atom. The fourth-order valence-corrected chi connectivity index (χ4v) is 2.77. The number of ether oxygens (including phenoxy) is 3. The molecule has 0 unspecified atom stereocenters. The highest BCUT2D eigenvalue weighted by Gasteiger charge is 2.16. The summed E-state index contributed by atoms with van der Waals surface area (Å²) in [5.74, 6) is 1.08. The van der Waals surface area contributed by atoms with Crippen LogP contribution in [0.1, 0.15) is 6.42 Å². The highest BCUT2D eigenvalue weighted by atomic mass is 16.5. The maximum atomic E-state index is 5.37. The zero-order valence-electron chi connectivity index (χ0n) is 15.1. The second-order valence-corrected chi connectivity index (χ2v) is 5.77. The van der Waals surface area contributed by atoms with Gasteiger partial charge in [-0.2, -0.15) is 4.98 Å². The summed E-state index contributed by atoms with van der Waals surface area (Å²) in [6.07, 6.45) is 5.93. The highest BCUT2D eigenvalue weighted by Crippen LogP contribution is 2.31. The molecule has 9 nitrogen and oxygen atoms in total. The smallest absolute Gasteiger partial charge is 0.319 e. The molecule has 0 radical (unpaired) electrons. The molecule has 1 saturated heterocycles. The summed E-state index contributed by atoms with van der Waals surface area (Å²) in [4.78, 5) is 19.6. The van der Waals surface area contributed by atoms with E-state index < -0.39 is 0 Å². The first-order valence-electron chi connectivity index (χ1n) is 8.62. The molecule has 1 fully saturated rings. The predicted molar refractivity (Wildman–Crippen MR) is 96.5 cm³/mol. The Morgan fingerprint density at radius 3 is 2.69 bits per heavy atom. The molecule has 26 heavy (non-hydrogen) atoms. The second kappa shape index (κ2) is 9.25. The lowest BCUT2D eigenvalue weighted by molar-refractivity contribution is 0.0378. The molecule has 0 bridgehead atoms. The highest BCUT2D eigenvalue weighted by molar-refractivity contribution is 5.74.